The molecule has 0 aromatic heterocycles. The summed E-state index contributed by atoms with van der Waals surface area (Å²) < 4.78 is 0. The van der Waals surface area contributed by atoms with Gasteiger partial charge < -0.3 is 16.2 Å². The molecule has 0 aromatic rings. The largest absolute Gasteiger partial charge is 0.382 e. The van der Waals surface area contributed by atoms with Crippen molar-refractivity contribution in [2.45, 2.75) is 82.4 Å². The van der Waals surface area contributed by atoms with E-state index in [0.29, 0.717) is 11.8 Å². The number of rotatable bonds is 5. The van der Waals surface area contributed by atoms with E-state index in [4.69, 9.17) is 5.73 Å². The monoisotopic (exact) mass is 294 g/mol. The third-order valence-corrected chi connectivity index (χ3v) is 6.07. The average molecular weight is 294 g/mol. The molecule has 0 radical (unpaired) electrons. The first-order valence-electron chi connectivity index (χ1n) is 8.87. The molecule has 0 aromatic carbocycles. The van der Waals surface area contributed by atoms with Crippen molar-refractivity contribution in [3.8, 4) is 0 Å². The molecule has 5 atom stereocenters. The number of carbonyl (C=O) groups excluding carboxylic acids is 1. The van der Waals surface area contributed by atoms with Gasteiger partial charge in [0, 0.05) is 12.1 Å². The molecule has 2 bridgehead atoms. The van der Waals surface area contributed by atoms with Crippen LogP contribution in [0, 0.1) is 17.8 Å². The summed E-state index contributed by atoms with van der Waals surface area (Å²) in [6.07, 6.45) is 10.9. The van der Waals surface area contributed by atoms with Gasteiger partial charge >= 0.3 is 0 Å². The molecule has 3 aliphatic carbocycles. The second-order valence-corrected chi connectivity index (χ2v) is 7.64. The quantitative estimate of drug-likeness (QED) is 0.725. The van der Waals surface area contributed by atoms with E-state index in [0.717, 1.165) is 18.8 Å². The summed E-state index contributed by atoms with van der Waals surface area (Å²) >= 11 is 0. The maximum atomic E-state index is 12.2. The zero-order valence-corrected chi connectivity index (χ0v) is 13.0. The molecule has 3 saturated carbocycles. The first-order chi connectivity index (χ1) is 10.1. The Morgan fingerprint density at radius 2 is 1.90 bits per heavy atom. The van der Waals surface area contributed by atoms with Gasteiger partial charge in [0.1, 0.15) is 6.10 Å². The molecule has 0 heterocycles. The molecule has 0 saturated heterocycles. The van der Waals surface area contributed by atoms with Crippen LogP contribution in [-0.4, -0.2) is 29.2 Å². The van der Waals surface area contributed by atoms with Crippen LogP contribution in [0.25, 0.3) is 0 Å². The van der Waals surface area contributed by atoms with Gasteiger partial charge in [-0.2, -0.15) is 0 Å². The first-order valence-corrected chi connectivity index (χ1v) is 8.87. The van der Waals surface area contributed by atoms with Crippen LogP contribution in [-0.2, 0) is 4.79 Å². The van der Waals surface area contributed by atoms with Crippen molar-refractivity contribution in [1.29, 1.82) is 0 Å². The fourth-order valence-corrected chi connectivity index (χ4v) is 4.82. The molecular weight excluding hydrogens is 264 g/mol. The van der Waals surface area contributed by atoms with Crippen molar-refractivity contribution in [1.82, 2.24) is 5.32 Å². The van der Waals surface area contributed by atoms with Crippen molar-refractivity contribution < 1.29 is 9.90 Å². The van der Waals surface area contributed by atoms with E-state index in [2.05, 4.69) is 5.32 Å². The highest BCUT2D eigenvalue weighted by Crippen LogP contribution is 2.44. The molecule has 3 rings (SSSR count). The van der Waals surface area contributed by atoms with E-state index in [1.54, 1.807) is 0 Å². The zero-order chi connectivity index (χ0) is 14.8. The minimum Gasteiger partial charge on any atom is -0.382 e. The van der Waals surface area contributed by atoms with Gasteiger partial charge in [0.2, 0.25) is 0 Å². The Hall–Kier alpha value is -0.610. The number of carbonyl (C=O) groups is 1. The first kappa shape index (κ1) is 15.3. The second kappa shape index (κ2) is 6.66. The molecule has 4 heteroatoms. The molecule has 1 amide bonds. The van der Waals surface area contributed by atoms with Crippen molar-refractivity contribution in [2.24, 2.45) is 23.5 Å². The Morgan fingerprint density at radius 1 is 1.14 bits per heavy atom. The topological polar surface area (TPSA) is 75.3 Å². The Kier molecular flexibility index (Phi) is 4.85. The van der Waals surface area contributed by atoms with E-state index < -0.39 is 12.1 Å². The molecule has 2 unspecified atom stereocenters. The fraction of sp³-hybridized carbons (Fsp3) is 0.941. The smallest absolute Gasteiger partial charge is 0.250 e. The van der Waals surface area contributed by atoms with Crippen LogP contribution in [0.1, 0.15) is 64.2 Å². The lowest BCUT2D eigenvalue weighted by atomic mass is 9.84. The Labute approximate surface area is 127 Å². The van der Waals surface area contributed by atoms with Crippen molar-refractivity contribution >= 4 is 5.91 Å². The summed E-state index contributed by atoms with van der Waals surface area (Å²) in [6, 6.07) is -0.125. The predicted octanol–water partition coefficient (Wildman–Crippen LogP) is 1.95. The highest BCUT2D eigenvalue weighted by atomic mass is 16.3. The van der Waals surface area contributed by atoms with Crippen molar-refractivity contribution in [3.05, 3.63) is 0 Å². The van der Waals surface area contributed by atoms with Crippen LogP contribution in [0.3, 0.4) is 0 Å². The maximum Gasteiger partial charge on any atom is 0.250 e. The van der Waals surface area contributed by atoms with Gasteiger partial charge in [-0.3, -0.25) is 4.79 Å². The Balaban J connectivity index is 1.44. The van der Waals surface area contributed by atoms with Crippen LogP contribution in [0.4, 0.5) is 0 Å². The van der Waals surface area contributed by atoms with E-state index in [1.165, 1.54) is 51.4 Å². The lowest BCUT2D eigenvalue weighted by Gasteiger charge is -2.28. The summed E-state index contributed by atoms with van der Waals surface area (Å²) in [5, 5.41) is 13.3. The molecule has 4 N–H and O–H groups in total. The zero-order valence-electron chi connectivity index (χ0n) is 13.0. The molecule has 3 aliphatic rings. The van der Waals surface area contributed by atoms with E-state index in [-0.39, 0.29) is 11.9 Å². The number of nitrogens with one attached hydrogen (secondary N) is 1. The minimum atomic E-state index is -1.04. The highest BCUT2D eigenvalue weighted by molar-refractivity contribution is 5.81. The molecule has 120 valence electrons. The lowest BCUT2D eigenvalue weighted by molar-refractivity contribution is -0.131. The standard InChI is InChI=1S/C17H30N2O2/c18-14(9-11-4-2-1-3-5-11)16(20)17(21)19-15-10-12-6-7-13(15)8-12/h11-16,20H,1-10,18H2,(H,19,21)/t12-,13+,14+,15?,16?/m0/s1. The summed E-state index contributed by atoms with van der Waals surface area (Å²) in [6.45, 7) is 0. The summed E-state index contributed by atoms with van der Waals surface area (Å²) in [5.74, 6) is 1.80. The van der Waals surface area contributed by atoms with Crippen LogP contribution in [0.2, 0.25) is 0 Å². The normalized spacial score (nSPS) is 35.6. The third-order valence-electron chi connectivity index (χ3n) is 6.07. The average Bonchev–Trinajstić information content (AvgIpc) is 3.10. The summed E-state index contributed by atoms with van der Waals surface area (Å²) in [5.41, 5.74) is 6.09. The molecule has 3 fully saturated rings. The number of aliphatic hydroxyl groups is 1. The molecule has 0 aliphatic heterocycles. The van der Waals surface area contributed by atoms with E-state index in [1.807, 2.05) is 0 Å². The van der Waals surface area contributed by atoms with Gasteiger partial charge in [-0.1, -0.05) is 38.5 Å². The Bertz CT molecular complexity index is 368. The SMILES string of the molecule is N[C@H](CC1CCCCC1)C(O)C(=O)NC1C[C@H]2CC[C@@H]1C2. The van der Waals surface area contributed by atoms with Crippen LogP contribution in [0.15, 0.2) is 0 Å². The lowest BCUT2D eigenvalue weighted by Crippen LogP contribution is -2.51. The minimum absolute atomic E-state index is 0.240. The van der Waals surface area contributed by atoms with Gasteiger partial charge in [0.25, 0.3) is 5.91 Å². The highest BCUT2D eigenvalue weighted by Gasteiger charge is 2.41. The van der Waals surface area contributed by atoms with Gasteiger partial charge in [-0.15, -0.1) is 0 Å². The van der Waals surface area contributed by atoms with Crippen molar-refractivity contribution in [3.63, 3.8) is 0 Å². The van der Waals surface area contributed by atoms with Gasteiger partial charge in [0.15, 0.2) is 0 Å². The van der Waals surface area contributed by atoms with Crippen LogP contribution >= 0.6 is 0 Å². The maximum absolute atomic E-state index is 12.2. The number of aliphatic hydroxyl groups excluding tert-OH is 1. The third kappa shape index (κ3) is 3.59. The van der Waals surface area contributed by atoms with Crippen LogP contribution < -0.4 is 11.1 Å². The molecule has 0 spiro atoms. The second-order valence-electron chi connectivity index (χ2n) is 7.64. The molecule has 4 nitrogen and oxygen atoms in total. The van der Waals surface area contributed by atoms with Crippen molar-refractivity contribution in [2.75, 3.05) is 0 Å². The van der Waals surface area contributed by atoms with E-state index in [9.17, 15) is 9.90 Å². The number of hydrogen-bond acceptors (Lipinski definition) is 3. The van der Waals surface area contributed by atoms with Gasteiger partial charge in [-0.05, 0) is 43.4 Å². The number of nitrogens with two attached hydrogens (primary N) is 1. The molecule has 21 heavy (non-hydrogen) atoms. The van der Waals surface area contributed by atoms with Gasteiger partial charge in [-0.25, -0.2) is 0 Å². The summed E-state index contributed by atoms with van der Waals surface area (Å²) in [4.78, 5) is 12.2. The number of amides is 1. The molecular formula is C17H30N2O2. The van der Waals surface area contributed by atoms with Gasteiger partial charge in [0.05, 0.1) is 0 Å². The number of fused-ring (bicyclic) bond motifs is 2. The Morgan fingerprint density at radius 3 is 2.52 bits per heavy atom. The predicted molar refractivity (Wildman–Crippen MR) is 82.6 cm³/mol. The fourth-order valence-electron chi connectivity index (χ4n) is 4.82. The summed E-state index contributed by atoms with van der Waals surface area (Å²) in [7, 11) is 0. The van der Waals surface area contributed by atoms with E-state index >= 15 is 0 Å². The van der Waals surface area contributed by atoms with Crippen LogP contribution in [0.5, 0.6) is 0 Å². The number of hydrogen-bond donors (Lipinski definition) is 3.